The smallest absolute Gasteiger partial charge is 0.454 e. The number of halogens is 5. The molecule has 0 heterocycles. The van der Waals surface area contributed by atoms with Gasteiger partial charge < -0.3 is 9.47 Å². The highest BCUT2D eigenvalue weighted by Crippen LogP contribution is 2.38. The minimum atomic E-state index is -4.83. The van der Waals surface area contributed by atoms with Crippen molar-refractivity contribution in [2.45, 2.75) is 65.2 Å². The van der Waals surface area contributed by atoms with E-state index < -0.39 is 23.7 Å². The Labute approximate surface area is 214 Å². The fourth-order valence-electron chi connectivity index (χ4n) is 5.09. The molecule has 0 saturated heterocycles. The first-order valence-electron chi connectivity index (χ1n) is 12.7. The molecule has 0 aliphatic heterocycles. The maximum absolute atomic E-state index is 14.7. The molecule has 0 atom stereocenters. The summed E-state index contributed by atoms with van der Waals surface area (Å²) in [5.41, 5.74) is 2.80. The van der Waals surface area contributed by atoms with E-state index in [0.29, 0.717) is 11.1 Å². The number of alkyl halides is 3. The summed E-state index contributed by atoms with van der Waals surface area (Å²) in [6.45, 7) is 3.89. The van der Waals surface area contributed by atoms with Crippen molar-refractivity contribution in [3.05, 3.63) is 77.4 Å². The zero-order chi connectivity index (χ0) is 26.6. The van der Waals surface area contributed by atoms with Gasteiger partial charge in [0.2, 0.25) is 5.82 Å². The molecule has 1 saturated carbocycles. The Kier molecular flexibility index (Phi) is 8.40. The van der Waals surface area contributed by atoms with Crippen LogP contribution in [0.5, 0.6) is 17.2 Å². The first-order chi connectivity index (χ1) is 17.6. The third-order valence-corrected chi connectivity index (χ3v) is 7.35. The molecule has 3 aromatic carbocycles. The number of benzene rings is 3. The molecule has 0 N–H and O–H groups in total. The number of hydrogen-bond acceptors (Lipinski definition) is 2. The lowest BCUT2D eigenvalue weighted by Gasteiger charge is -2.27. The largest absolute Gasteiger partial charge is 0.573 e. The van der Waals surface area contributed by atoms with E-state index in [2.05, 4.69) is 11.7 Å². The molecule has 2 nitrogen and oxygen atoms in total. The van der Waals surface area contributed by atoms with E-state index in [9.17, 15) is 22.0 Å². The van der Waals surface area contributed by atoms with Crippen LogP contribution in [0.3, 0.4) is 0 Å². The topological polar surface area (TPSA) is 18.5 Å². The minimum absolute atomic E-state index is 0.0522. The van der Waals surface area contributed by atoms with Crippen LogP contribution in [0.1, 0.15) is 56.6 Å². The molecule has 0 bridgehead atoms. The minimum Gasteiger partial charge on any atom is -0.454 e. The molecule has 0 amide bonds. The first-order valence-corrected chi connectivity index (χ1v) is 12.7. The monoisotopic (exact) mass is 518 g/mol. The molecule has 198 valence electrons. The summed E-state index contributed by atoms with van der Waals surface area (Å²) < 4.78 is 75.7. The van der Waals surface area contributed by atoms with Crippen LogP contribution in [-0.2, 0) is 6.42 Å². The molecule has 37 heavy (non-hydrogen) atoms. The number of hydrogen-bond donors (Lipinski definition) is 0. The highest BCUT2D eigenvalue weighted by Gasteiger charge is 2.31. The Morgan fingerprint density at radius 2 is 1.43 bits per heavy atom. The van der Waals surface area contributed by atoms with Gasteiger partial charge in [0.15, 0.2) is 11.6 Å². The van der Waals surface area contributed by atoms with Gasteiger partial charge in [0.25, 0.3) is 0 Å². The zero-order valence-electron chi connectivity index (χ0n) is 21.0. The Bertz CT molecular complexity index is 1180. The number of aryl methyl sites for hydroxylation is 1. The Hall–Kier alpha value is -3.09. The number of ether oxygens (including phenoxy) is 2. The van der Waals surface area contributed by atoms with Gasteiger partial charge in [-0.1, -0.05) is 63.3 Å². The average Bonchev–Trinajstić information content (AvgIpc) is 2.88. The van der Waals surface area contributed by atoms with E-state index in [1.807, 2.05) is 24.3 Å². The van der Waals surface area contributed by atoms with E-state index >= 15 is 0 Å². The summed E-state index contributed by atoms with van der Waals surface area (Å²) in [4.78, 5) is 0. The van der Waals surface area contributed by atoms with Crippen molar-refractivity contribution in [1.82, 2.24) is 0 Å². The van der Waals surface area contributed by atoms with E-state index in [1.165, 1.54) is 49.8 Å². The second-order valence-corrected chi connectivity index (χ2v) is 9.83. The van der Waals surface area contributed by atoms with Gasteiger partial charge in [-0.05, 0) is 78.6 Å². The van der Waals surface area contributed by atoms with Gasteiger partial charge in [-0.15, -0.1) is 13.2 Å². The van der Waals surface area contributed by atoms with Gasteiger partial charge in [-0.25, -0.2) is 4.39 Å². The summed E-state index contributed by atoms with van der Waals surface area (Å²) in [7, 11) is 0. The standard InChI is InChI=1S/C30H31F5O2/c1-3-20-4-6-21(7-5-20)8-9-22-10-12-23(13-11-22)26-18-27(31)28(32)29(19(26)2)36-24-14-16-25(17-15-24)37-30(33,34)35/h10-18,20-21H,3-9H2,1-2H3/t20-,21-. The van der Waals surface area contributed by atoms with Crippen LogP contribution in [0.2, 0.25) is 0 Å². The number of rotatable bonds is 8. The van der Waals surface area contributed by atoms with E-state index in [0.717, 1.165) is 48.4 Å². The maximum Gasteiger partial charge on any atom is 0.573 e. The van der Waals surface area contributed by atoms with Crippen LogP contribution in [0, 0.1) is 30.4 Å². The van der Waals surface area contributed by atoms with Crippen molar-refractivity contribution in [1.29, 1.82) is 0 Å². The van der Waals surface area contributed by atoms with Crippen LogP contribution in [0.4, 0.5) is 22.0 Å². The van der Waals surface area contributed by atoms with Crippen molar-refractivity contribution >= 4 is 0 Å². The van der Waals surface area contributed by atoms with Gasteiger partial charge in [-0.3, -0.25) is 0 Å². The third-order valence-electron chi connectivity index (χ3n) is 7.35. The molecular formula is C30H31F5O2. The lowest BCUT2D eigenvalue weighted by atomic mass is 9.78. The van der Waals surface area contributed by atoms with Crippen LogP contribution in [0.15, 0.2) is 54.6 Å². The van der Waals surface area contributed by atoms with Crippen molar-refractivity contribution in [2.24, 2.45) is 11.8 Å². The third kappa shape index (κ3) is 7.02. The second kappa shape index (κ2) is 11.5. The summed E-state index contributed by atoms with van der Waals surface area (Å²) in [5, 5.41) is 0. The van der Waals surface area contributed by atoms with Crippen LogP contribution in [-0.4, -0.2) is 6.36 Å². The molecule has 1 fully saturated rings. The maximum atomic E-state index is 14.7. The molecule has 7 heteroatoms. The fraction of sp³-hybridized carbons (Fsp3) is 0.400. The van der Waals surface area contributed by atoms with Crippen LogP contribution >= 0.6 is 0 Å². The summed E-state index contributed by atoms with van der Waals surface area (Å²) >= 11 is 0. The fourth-order valence-corrected chi connectivity index (χ4v) is 5.09. The molecule has 4 rings (SSSR count). The van der Waals surface area contributed by atoms with E-state index in [-0.39, 0.29) is 11.5 Å². The highest BCUT2D eigenvalue weighted by molar-refractivity contribution is 5.70. The molecule has 0 spiro atoms. The highest BCUT2D eigenvalue weighted by atomic mass is 19.4. The normalized spacial score (nSPS) is 18.0. The Morgan fingerprint density at radius 3 is 2.03 bits per heavy atom. The molecule has 3 aromatic rings. The van der Waals surface area contributed by atoms with Crippen LogP contribution in [0.25, 0.3) is 11.1 Å². The van der Waals surface area contributed by atoms with Crippen LogP contribution < -0.4 is 9.47 Å². The van der Waals surface area contributed by atoms with Crippen molar-refractivity contribution < 1.29 is 31.4 Å². The molecule has 0 radical (unpaired) electrons. The Balaban J connectivity index is 1.46. The van der Waals surface area contributed by atoms with E-state index in [1.54, 1.807) is 6.92 Å². The molecule has 1 aliphatic carbocycles. The van der Waals surface area contributed by atoms with Gasteiger partial charge in [-0.2, -0.15) is 4.39 Å². The van der Waals surface area contributed by atoms with Gasteiger partial charge in [0.1, 0.15) is 11.5 Å². The predicted molar refractivity (Wildman–Crippen MR) is 134 cm³/mol. The van der Waals surface area contributed by atoms with E-state index in [4.69, 9.17) is 4.74 Å². The molecular weight excluding hydrogens is 487 g/mol. The second-order valence-electron chi connectivity index (χ2n) is 9.83. The van der Waals surface area contributed by atoms with Crippen molar-refractivity contribution in [2.75, 3.05) is 0 Å². The molecule has 1 aliphatic rings. The van der Waals surface area contributed by atoms with Gasteiger partial charge >= 0.3 is 6.36 Å². The summed E-state index contributed by atoms with van der Waals surface area (Å²) in [6.07, 6.45) is 3.83. The molecule has 0 unspecified atom stereocenters. The predicted octanol–water partition coefficient (Wildman–Crippen LogP) is 9.78. The quantitative estimate of drug-likeness (QED) is 0.276. The van der Waals surface area contributed by atoms with Crippen molar-refractivity contribution in [3.8, 4) is 28.4 Å². The van der Waals surface area contributed by atoms with Crippen molar-refractivity contribution in [3.63, 3.8) is 0 Å². The first kappa shape index (κ1) is 27.0. The van der Waals surface area contributed by atoms with Gasteiger partial charge in [0, 0.05) is 5.56 Å². The lowest BCUT2D eigenvalue weighted by Crippen LogP contribution is -2.16. The molecule has 0 aromatic heterocycles. The summed E-state index contributed by atoms with van der Waals surface area (Å²) in [5.74, 6) is -1.28. The Morgan fingerprint density at radius 1 is 0.838 bits per heavy atom. The van der Waals surface area contributed by atoms with Gasteiger partial charge in [0.05, 0.1) is 0 Å². The zero-order valence-corrected chi connectivity index (χ0v) is 21.0. The summed E-state index contributed by atoms with van der Waals surface area (Å²) in [6, 6.07) is 13.5. The SMILES string of the molecule is CC[C@H]1CC[C@H](CCc2ccc(-c3cc(F)c(F)c(Oc4ccc(OC(F)(F)F)cc4)c3C)cc2)CC1. The average molecular weight is 519 g/mol. The lowest BCUT2D eigenvalue weighted by molar-refractivity contribution is -0.274.